The molecule has 0 saturated carbocycles. The Hall–Kier alpha value is -1.33. The van der Waals surface area contributed by atoms with Crippen molar-refractivity contribution in [1.82, 2.24) is 10.1 Å². The van der Waals surface area contributed by atoms with Crippen LogP contribution >= 0.6 is 11.8 Å². The molecule has 1 unspecified atom stereocenters. The second-order valence-electron chi connectivity index (χ2n) is 4.30. The zero-order chi connectivity index (χ0) is 13.5. The number of hydrogen-bond acceptors (Lipinski definition) is 5. The van der Waals surface area contributed by atoms with Crippen LogP contribution in [0.4, 0.5) is 0 Å². The number of aromatic nitrogens is 2. The van der Waals surface area contributed by atoms with Crippen LogP contribution in [0.5, 0.6) is 0 Å². The summed E-state index contributed by atoms with van der Waals surface area (Å²) in [5.74, 6) is 3.26. The van der Waals surface area contributed by atoms with E-state index in [1.807, 2.05) is 42.1 Å². The molecule has 0 aliphatic carbocycles. The van der Waals surface area contributed by atoms with Gasteiger partial charge in [-0.2, -0.15) is 16.7 Å². The van der Waals surface area contributed by atoms with Crippen molar-refractivity contribution < 1.29 is 4.52 Å². The van der Waals surface area contributed by atoms with Gasteiger partial charge in [0.05, 0.1) is 11.7 Å². The van der Waals surface area contributed by atoms with Crippen LogP contribution < -0.4 is 5.73 Å². The molecule has 1 atom stereocenters. The van der Waals surface area contributed by atoms with Crippen molar-refractivity contribution in [3.05, 3.63) is 47.6 Å². The third-order valence-corrected chi connectivity index (χ3v) is 3.96. The first-order valence-electron chi connectivity index (χ1n) is 6.50. The zero-order valence-corrected chi connectivity index (χ0v) is 11.9. The summed E-state index contributed by atoms with van der Waals surface area (Å²) in [6.07, 6.45) is 1.16. The van der Waals surface area contributed by atoms with Gasteiger partial charge in [-0.05, 0) is 17.7 Å². The molecule has 0 bridgehead atoms. The Kier molecular flexibility index (Phi) is 5.42. The van der Waals surface area contributed by atoms with Crippen LogP contribution in [-0.2, 0) is 5.75 Å². The highest BCUT2D eigenvalue weighted by Gasteiger charge is 2.19. The average molecular weight is 277 g/mol. The van der Waals surface area contributed by atoms with Gasteiger partial charge in [0.15, 0.2) is 5.82 Å². The highest BCUT2D eigenvalue weighted by molar-refractivity contribution is 7.98. The lowest BCUT2D eigenvalue weighted by Gasteiger charge is -2.09. The summed E-state index contributed by atoms with van der Waals surface area (Å²) >= 11 is 1.82. The predicted octanol–water partition coefficient (Wildman–Crippen LogP) is 2.80. The minimum atomic E-state index is -0.0152. The van der Waals surface area contributed by atoms with E-state index in [4.69, 9.17) is 10.3 Å². The Morgan fingerprint density at radius 1 is 1.32 bits per heavy atom. The van der Waals surface area contributed by atoms with Gasteiger partial charge in [0.25, 0.3) is 0 Å². The minimum Gasteiger partial charge on any atom is -0.339 e. The smallest absolute Gasteiger partial charge is 0.235 e. The SMILES string of the molecule is CCCSCc1noc(C(CN)c2ccccc2)n1. The fourth-order valence-corrected chi connectivity index (χ4v) is 2.57. The molecule has 19 heavy (non-hydrogen) atoms. The lowest BCUT2D eigenvalue weighted by Crippen LogP contribution is -2.14. The van der Waals surface area contributed by atoms with E-state index in [1.165, 1.54) is 0 Å². The Morgan fingerprint density at radius 2 is 2.11 bits per heavy atom. The highest BCUT2D eigenvalue weighted by Crippen LogP contribution is 2.22. The molecule has 4 nitrogen and oxygen atoms in total. The summed E-state index contributed by atoms with van der Waals surface area (Å²) in [6.45, 7) is 2.63. The molecule has 0 aliphatic rings. The van der Waals surface area contributed by atoms with E-state index < -0.39 is 0 Å². The summed E-state index contributed by atoms with van der Waals surface area (Å²) in [5.41, 5.74) is 6.95. The number of thioether (sulfide) groups is 1. The Morgan fingerprint density at radius 3 is 2.79 bits per heavy atom. The van der Waals surface area contributed by atoms with E-state index in [-0.39, 0.29) is 5.92 Å². The first-order chi connectivity index (χ1) is 9.35. The van der Waals surface area contributed by atoms with Gasteiger partial charge >= 0.3 is 0 Å². The molecule has 0 spiro atoms. The van der Waals surface area contributed by atoms with Crippen molar-refractivity contribution >= 4 is 11.8 Å². The molecule has 5 heteroatoms. The van der Waals surface area contributed by atoms with Gasteiger partial charge in [-0.3, -0.25) is 0 Å². The maximum absolute atomic E-state index is 5.83. The molecule has 2 N–H and O–H groups in total. The fraction of sp³-hybridized carbons (Fsp3) is 0.429. The van der Waals surface area contributed by atoms with Crippen LogP contribution in [0.3, 0.4) is 0 Å². The molecule has 0 aliphatic heterocycles. The van der Waals surface area contributed by atoms with E-state index in [1.54, 1.807) is 0 Å². The van der Waals surface area contributed by atoms with Crippen LogP contribution in [0.2, 0.25) is 0 Å². The van der Waals surface area contributed by atoms with Gasteiger partial charge in [-0.15, -0.1) is 0 Å². The molecular formula is C14H19N3OS. The van der Waals surface area contributed by atoms with Crippen LogP contribution in [0.25, 0.3) is 0 Å². The van der Waals surface area contributed by atoms with E-state index in [2.05, 4.69) is 17.1 Å². The lowest BCUT2D eigenvalue weighted by molar-refractivity contribution is 0.363. The molecule has 1 heterocycles. The van der Waals surface area contributed by atoms with Gasteiger partial charge < -0.3 is 10.3 Å². The molecule has 102 valence electrons. The van der Waals surface area contributed by atoms with E-state index in [0.29, 0.717) is 12.4 Å². The number of hydrogen-bond donors (Lipinski definition) is 1. The van der Waals surface area contributed by atoms with E-state index >= 15 is 0 Å². The summed E-state index contributed by atoms with van der Waals surface area (Å²) in [7, 11) is 0. The molecule has 2 rings (SSSR count). The fourth-order valence-electron chi connectivity index (χ4n) is 1.84. The number of benzene rings is 1. The highest BCUT2D eigenvalue weighted by atomic mass is 32.2. The molecule has 2 aromatic rings. The lowest BCUT2D eigenvalue weighted by atomic mass is 9.99. The standard InChI is InChI=1S/C14H19N3OS/c1-2-8-19-10-13-16-14(18-17-13)12(9-15)11-6-4-3-5-7-11/h3-7,12H,2,8-10,15H2,1H3. The number of nitrogens with two attached hydrogens (primary N) is 1. The largest absolute Gasteiger partial charge is 0.339 e. The third-order valence-electron chi connectivity index (χ3n) is 2.80. The first-order valence-corrected chi connectivity index (χ1v) is 7.65. The Balaban J connectivity index is 2.07. The van der Waals surface area contributed by atoms with Crippen molar-refractivity contribution in [2.75, 3.05) is 12.3 Å². The predicted molar refractivity (Wildman–Crippen MR) is 78.1 cm³/mol. The molecule has 0 amide bonds. The molecule has 0 saturated heterocycles. The van der Waals surface area contributed by atoms with Crippen molar-refractivity contribution in [3.8, 4) is 0 Å². The minimum absolute atomic E-state index is 0.0152. The second-order valence-corrected chi connectivity index (χ2v) is 5.41. The van der Waals surface area contributed by atoms with E-state index in [0.717, 1.165) is 29.3 Å². The topological polar surface area (TPSA) is 64.9 Å². The maximum atomic E-state index is 5.83. The van der Waals surface area contributed by atoms with Crippen LogP contribution in [0, 0.1) is 0 Å². The molecule has 0 fully saturated rings. The van der Waals surface area contributed by atoms with Crippen LogP contribution in [0.1, 0.15) is 36.5 Å². The summed E-state index contributed by atoms with van der Waals surface area (Å²) in [6, 6.07) is 10.0. The van der Waals surface area contributed by atoms with E-state index in [9.17, 15) is 0 Å². The number of nitrogens with zero attached hydrogens (tertiary/aromatic N) is 2. The zero-order valence-electron chi connectivity index (χ0n) is 11.1. The normalized spacial score (nSPS) is 12.5. The summed E-state index contributed by atoms with van der Waals surface area (Å²) in [5, 5.41) is 4.02. The van der Waals surface area contributed by atoms with Crippen LogP contribution in [0.15, 0.2) is 34.9 Å². The van der Waals surface area contributed by atoms with Gasteiger partial charge in [-0.25, -0.2) is 0 Å². The van der Waals surface area contributed by atoms with Gasteiger partial charge in [0.1, 0.15) is 0 Å². The molecular weight excluding hydrogens is 258 g/mol. The van der Waals surface area contributed by atoms with Gasteiger partial charge in [-0.1, -0.05) is 42.4 Å². The van der Waals surface area contributed by atoms with Crippen molar-refractivity contribution in [3.63, 3.8) is 0 Å². The van der Waals surface area contributed by atoms with Crippen LogP contribution in [-0.4, -0.2) is 22.4 Å². The quantitative estimate of drug-likeness (QED) is 0.788. The molecule has 1 aromatic carbocycles. The number of rotatable bonds is 7. The van der Waals surface area contributed by atoms with Crippen molar-refractivity contribution in [2.24, 2.45) is 5.73 Å². The van der Waals surface area contributed by atoms with Crippen molar-refractivity contribution in [1.29, 1.82) is 0 Å². The Labute approximate surface area is 117 Å². The third kappa shape index (κ3) is 3.81. The Bertz CT molecular complexity index is 486. The van der Waals surface area contributed by atoms with Gasteiger partial charge in [0.2, 0.25) is 5.89 Å². The van der Waals surface area contributed by atoms with Gasteiger partial charge in [0, 0.05) is 6.54 Å². The first kappa shape index (κ1) is 14.1. The summed E-state index contributed by atoms with van der Waals surface area (Å²) in [4.78, 5) is 4.45. The maximum Gasteiger partial charge on any atom is 0.235 e. The second kappa shape index (κ2) is 7.31. The molecule has 1 aromatic heterocycles. The van der Waals surface area contributed by atoms with Crippen molar-refractivity contribution in [2.45, 2.75) is 25.0 Å². The monoisotopic (exact) mass is 277 g/mol. The average Bonchev–Trinajstić information content (AvgIpc) is 2.90. The molecule has 0 radical (unpaired) electrons. The summed E-state index contributed by atoms with van der Waals surface area (Å²) < 4.78 is 5.35.